The molecule has 0 bridgehead atoms. The van der Waals surface area contributed by atoms with E-state index in [1.807, 2.05) is 4.72 Å². The van der Waals surface area contributed by atoms with Crippen molar-refractivity contribution < 1.29 is 22.8 Å². The van der Waals surface area contributed by atoms with Crippen LogP contribution < -0.4 is 4.72 Å². The van der Waals surface area contributed by atoms with Crippen LogP contribution in [0.1, 0.15) is 5.56 Å². The van der Waals surface area contributed by atoms with Crippen molar-refractivity contribution in [3.8, 4) is 5.75 Å². The Morgan fingerprint density at radius 2 is 1.91 bits per heavy atom. The lowest BCUT2D eigenvalue weighted by molar-refractivity contribution is -0.386. The van der Waals surface area contributed by atoms with Gasteiger partial charge in [-0.1, -0.05) is 6.07 Å². The van der Waals surface area contributed by atoms with Crippen LogP contribution in [-0.2, 0) is 10.0 Å². The van der Waals surface area contributed by atoms with Crippen molar-refractivity contribution in [1.29, 1.82) is 0 Å². The number of hydrogen-bond donors (Lipinski definition) is 2. The number of phenolic OH excluding ortho intramolecular Hbond substituents is 1. The fourth-order valence-electron chi connectivity index (χ4n) is 1.74. The summed E-state index contributed by atoms with van der Waals surface area (Å²) in [5, 5.41) is 20.1. The Labute approximate surface area is 125 Å². The lowest BCUT2D eigenvalue weighted by Crippen LogP contribution is -2.14. The molecule has 2 aromatic carbocycles. The number of aryl methyl sites for hydroxylation is 1. The summed E-state index contributed by atoms with van der Waals surface area (Å²) < 4.78 is 40.0. The van der Waals surface area contributed by atoms with Gasteiger partial charge in [-0.15, -0.1) is 0 Å². The Kier molecular flexibility index (Phi) is 4.00. The maximum Gasteiger partial charge on any atom is 0.312 e. The van der Waals surface area contributed by atoms with E-state index in [2.05, 4.69) is 0 Å². The number of hydrogen-bond acceptors (Lipinski definition) is 5. The molecule has 116 valence electrons. The normalized spacial score (nSPS) is 11.2. The molecule has 0 saturated heterocycles. The monoisotopic (exact) mass is 326 g/mol. The second-order valence-corrected chi connectivity index (χ2v) is 6.18. The molecule has 2 aromatic rings. The van der Waals surface area contributed by atoms with E-state index >= 15 is 0 Å². The average molecular weight is 326 g/mol. The maximum absolute atomic E-state index is 13.6. The zero-order valence-corrected chi connectivity index (χ0v) is 12.1. The number of nitro groups is 1. The highest BCUT2D eigenvalue weighted by atomic mass is 32.2. The number of rotatable bonds is 4. The number of halogens is 1. The van der Waals surface area contributed by atoms with E-state index in [9.17, 15) is 28.0 Å². The molecule has 0 amide bonds. The highest BCUT2D eigenvalue weighted by Crippen LogP contribution is 2.29. The van der Waals surface area contributed by atoms with Crippen molar-refractivity contribution in [2.75, 3.05) is 4.72 Å². The van der Waals surface area contributed by atoms with Gasteiger partial charge in [0.2, 0.25) is 0 Å². The minimum atomic E-state index is -4.23. The Morgan fingerprint density at radius 3 is 2.55 bits per heavy atom. The number of phenols is 1. The van der Waals surface area contributed by atoms with Gasteiger partial charge in [0, 0.05) is 6.07 Å². The number of nitrogens with one attached hydrogen (secondary N) is 1. The van der Waals surface area contributed by atoms with E-state index in [-0.39, 0.29) is 5.69 Å². The van der Waals surface area contributed by atoms with Gasteiger partial charge in [-0.2, -0.15) is 0 Å². The SMILES string of the molecule is Cc1ccc(F)c(NS(=O)(=O)c2ccc(O)c([N+](=O)[O-])c2)c1. The molecule has 0 unspecified atom stereocenters. The van der Waals surface area contributed by atoms with Crippen LogP contribution in [0.5, 0.6) is 5.75 Å². The molecular formula is C13H11FN2O5S. The van der Waals surface area contributed by atoms with E-state index < -0.39 is 37.1 Å². The van der Waals surface area contributed by atoms with Crippen molar-refractivity contribution in [3.05, 3.63) is 57.9 Å². The third kappa shape index (κ3) is 3.14. The van der Waals surface area contributed by atoms with Gasteiger partial charge in [0.25, 0.3) is 10.0 Å². The second-order valence-electron chi connectivity index (χ2n) is 4.50. The second kappa shape index (κ2) is 5.60. The highest BCUT2D eigenvalue weighted by Gasteiger charge is 2.22. The van der Waals surface area contributed by atoms with Crippen LogP contribution in [-0.4, -0.2) is 18.4 Å². The standard InChI is InChI=1S/C13H11FN2O5S/c1-8-2-4-10(14)11(6-8)15-22(20,21)9-3-5-13(17)12(7-9)16(18)19/h2-7,15,17H,1H3. The largest absolute Gasteiger partial charge is 0.502 e. The Balaban J connectivity index is 2.45. The number of nitrogens with zero attached hydrogens (tertiary/aromatic N) is 1. The van der Waals surface area contributed by atoms with E-state index in [4.69, 9.17) is 0 Å². The molecule has 2 rings (SSSR count). The summed E-state index contributed by atoms with van der Waals surface area (Å²) in [5.74, 6) is -1.44. The molecule has 0 aromatic heterocycles. The Hall–Kier alpha value is -2.68. The van der Waals surface area contributed by atoms with Crippen LogP contribution >= 0.6 is 0 Å². The predicted molar refractivity (Wildman–Crippen MR) is 76.7 cm³/mol. The Morgan fingerprint density at radius 1 is 1.23 bits per heavy atom. The summed E-state index contributed by atoms with van der Waals surface area (Å²) in [6, 6.07) is 6.44. The van der Waals surface area contributed by atoms with Gasteiger partial charge < -0.3 is 5.11 Å². The minimum absolute atomic E-state index is 0.268. The molecule has 0 aliphatic heterocycles. The van der Waals surface area contributed by atoms with Gasteiger partial charge >= 0.3 is 5.69 Å². The van der Waals surface area contributed by atoms with Crippen LogP contribution in [0.3, 0.4) is 0 Å². The van der Waals surface area contributed by atoms with Crippen LogP contribution in [0, 0.1) is 22.9 Å². The molecule has 0 heterocycles. The number of sulfonamides is 1. The van der Waals surface area contributed by atoms with Crippen LogP contribution in [0.2, 0.25) is 0 Å². The molecule has 0 saturated carbocycles. The summed E-state index contributed by atoms with van der Waals surface area (Å²) in [4.78, 5) is 9.35. The van der Waals surface area contributed by atoms with Crippen LogP contribution in [0.4, 0.5) is 15.8 Å². The van der Waals surface area contributed by atoms with Crippen molar-refractivity contribution in [1.82, 2.24) is 0 Å². The third-order valence-electron chi connectivity index (χ3n) is 2.82. The topological polar surface area (TPSA) is 110 Å². The van der Waals surface area contributed by atoms with Gasteiger partial charge in [0.1, 0.15) is 5.82 Å². The van der Waals surface area contributed by atoms with Crippen molar-refractivity contribution in [2.24, 2.45) is 0 Å². The molecule has 9 heteroatoms. The lowest BCUT2D eigenvalue weighted by atomic mass is 10.2. The summed E-state index contributed by atoms with van der Waals surface area (Å²) in [6.45, 7) is 1.66. The minimum Gasteiger partial charge on any atom is -0.502 e. The smallest absolute Gasteiger partial charge is 0.312 e. The summed E-state index contributed by atoms with van der Waals surface area (Å²) in [6.07, 6.45) is 0. The molecule has 7 nitrogen and oxygen atoms in total. The number of benzene rings is 2. The first kappa shape index (κ1) is 15.7. The third-order valence-corrected chi connectivity index (χ3v) is 4.18. The van der Waals surface area contributed by atoms with Crippen LogP contribution in [0.15, 0.2) is 41.3 Å². The number of aromatic hydroxyl groups is 1. The molecule has 2 N–H and O–H groups in total. The summed E-state index contributed by atoms with van der Waals surface area (Å²) in [5.41, 5.74) is -0.390. The summed E-state index contributed by atoms with van der Waals surface area (Å²) in [7, 11) is -4.23. The molecule has 0 spiro atoms. The van der Waals surface area contributed by atoms with Crippen molar-refractivity contribution >= 4 is 21.4 Å². The van der Waals surface area contributed by atoms with Crippen LogP contribution in [0.25, 0.3) is 0 Å². The van der Waals surface area contributed by atoms with Gasteiger partial charge in [-0.25, -0.2) is 12.8 Å². The van der Waals surface area contributed by atoms with E-state index in [0.29, 0.717) is 11.6 Å². The molecule has 0 radical (unpaired) electrons. The molecule has 0 fully saturated rings. The number of nitro benzene ring substituents is 1. The van der Waals surface area contributed by atoms with Gasteiger partial charge in [0.05, 0.1) is 15.5 Å². The molecule has 0 aliphatic carbocycles. The lowest BCUT2D eigenvalue weighted by Gasteiger charge is -2.10. The first-order chi connectivity index (χ1) is 10.2. The molecular weight excluding hydrogens is 315 g/mol. The molecule has 22 heavy (non-hydrogen) atoms. The highest BCUT2D eigenvalue weighted by molar-refractivity contribution is 7.92. The van der Waals surface area contributed by atoms with Gasteiger partial charge in [-0.3, -0.25) is 14.8 Å². The first-order valence-corrected chi connectivity index (χ1v) is 7.45. The molecule has 0 aliphatic rings. The predicted octanol–water partition coefficient (Wildman–Crippen LogP) is 2.55. The maximum atomic E-state index is 13.6. The fourth-order valence-corrected chi connectivity index (χ4v) is 2.82. The zero-order chi connectivity index (χ0) is 16.5. The summed E-state index contributed by atoms with van der Waals surface area (Å²) >= 11 is 0. The van der Waals surface area contributed by atoms with Crippen molar-refractivity contribution in [3.63, 3.8) is 0 Å². The zero-order valence-electron chi connectivity index (χ0n) is 11.3. The fraction of sp³-hybridized carbons (Fsp3) is 0.0769. The van der Waals surface area contributed by atoms with Gasteiger partial charge in [-0.05, 0) is 36.8 Å². The molecule has 0 atom stereocenters. The Bertz CT molecular complexity index is 852. The van der Waals surface area contributed by atoms with E-state index in [1.54, 1.807) is 6.92 Å². The van der Waals surface area contributed by atoms with E-state index in [0.717, 1.165) is 18.2 Å². The number of anilines is 1. The van der Waals surface area contributed by atoms with Crippen molar-refractivity contribution in [2.45, 2.75) is 11.8 Å². The first-order valence-electron chi connectivity index (χ1n) is 5.97. The quantitative estimate of drug-likeness (QED) is 0.663. The average Bonchev–Trinajstić information content (AvgIpc) is 2.42. The van der Waals surface area contributed by atoms with Gasteiger partial charge in [0.15, 0.2) is 5.75 Å². The van der Waals surface area contributed by atoms with E-state index in [1.165, 1.54) is 12.1 Å².